The van der Waals surface area contributed by atoms with Crippen LogP contribution in [0.15, 0.2) is 84.9 Å². The molecular formula is C52H63N3O6. The Morgan fingerprint density at radius 2 is 0.803 bits per heavy atom. The fraction of sp³-hybridized carbons (Fsp3) is 0.481. The van der Waals surface area contributed by atoms with Crippen LogP contribution in [0, 0.1) is 6.92 Å². The van der Waals surface area contributed by atoms with E-state index >= 15 is 0 Å². The molecule has 0 amide bonds. The lowest BCUT2D eigenvalue weighted by Gasteiger charge is -2.40. The largest absolute Gasteiger partial charge is 0.379 e. The van der Waals surface area contributed by atoms with Crippen molar-refractivity contribution >= 4 is 17.3 Å². The van der Waals surface area contributed by atoms with Gasteiger partial charge in [0.1, 0.15) is 0 Å². The van der Waals surface area contributed by atoms with E-state index in [-0.39, 0.29) is 17.3 Å². The third-order valence-corrected chi connectivity index (χ3v) is 14.3. The molecule has 8 rings (SSSR count). The first-order chi connectivity index (χ1) is 29.1. The third-order valence-electron chi connectivity index (χ3n) is 14.3. The van der Waals surface area contributed by atoms with Crippen LogP contribution in [0.5, 0.6) is 0 Å². The number of fused-ring (bicyclic) bond motifs is 3. The molecule has 1 aliphatic carbocycles. The third kappa shape index (κ3) is 8.21. The number of Topliss-reactive ketones (excluding diaryl/α,β-unsaturated/α-hetero) is 3. The summed E-state index contributed by atoms with van der Waals surface area (Å²) >= 11 is 0. The highest BCUT2D eigenvalue weighted by Crippen LogP contribution is 2.53. The molecule has 4 aromatic rings. The molecule has 0 saturated carbocycles. The number of carbonyl (C=O) groups is 3. The number of aryl methyl sites for hydroxylation is 1. The van der Waals surface area contributed by atoms with Crippen molar-refractivity contribution in [2.24, 2.45) is 0 Å². The number of benzene rings is 4. The van der Waals surface area contributed by atoms with E-state index < -0.39 is 22.0 Å². The number of ether oxygens (including phenoxy) is 3. The van der Waals surface area contributed by atoms with Crippen LogP contribution in [-0.2, 0) is 32.5 Å². The Bertz CT molecular complexity index is 2170. The molecule has 9 nitrogen and oxygen atoms in total. The highest BCUT2D eigenvalue weighted by molar-refractivity contribution is 6.04. The molecule has 0 unspecified atom stereocenters. The maximum atomic E-state index is 14.6. The average Bonchev–Trinajstić information content (AvgIpc) is 3.53. The predicted molar refractivity (Wildman–Crippen MR) is 240 cm³/mol. The topological polar surface area (TPSA) is 88.6 Å². The van der Waals surface area contributed by atoms with Gasteiger partial charge in [0.05, 0.1) is 56.3 Å². The zero-order chi connectivity index (χ0) is 43.2. The normalized spacial score (nSPS) is 19.0. The van der Waals surface area contributed by atoms with E-state index in [0.29, 0.717) is 82.3 Å². The van der Waals surface area contributed by atoms with Crippen molar-refractivity contribution in [3.8, 4) is 11.1 Å². The quantitative estimate of drug-likeness (QED) is 0.126. The first-order valence-electron chi connectivity index (χ1n) is 22.2. The number of ketones is 3. The Hall–Kier alpha value is -4.35. The molecule has 61 heavy (non-hydrogen) atoms. The van der Waals surface area contributed by atoms with Gasteiger partial charge in [-0.1, -0.05) is 84.4 Å². The Labute approximate surface area is 362 Å². The Kier molecular flexibility index (Phi) is 12.1. The van der Waals surface area contributed by atoms with E-state index in [0.717, 1.165) is 48.4 Å². The molecule has 3 fully saturated rings. The fourth-order valence-corrected chi connectivity index (χ4v) is 10.3. The first-order valence-corrected chi connectivity index (χ1v) is 22.2. The molecule has 3 saturated heterocycles. The summed E-state index contributed by atoms with van der Waals surface area (Å²) < 4.78 is 16.8. The van der Waals surface area contributed by atoms with Crippen LogP contribution in [0.4, 0.5) is 0 Å². The van der Waals surface area contributed by atoms with Crippen LogP contribution in [-0.4, -0.2) is 128 Å². The minimum atomic E-state index is -0.711. The van der Waals surface area contributed by atoms with Gasteiger partial charge in [-0.2, -0.15) is 0 Å². The number of rotatable bonds is 13. The van der Waals surface area contributed by atoms with Crippen molar-refractivity contribution < 1.29 is 28.6 Å². The SMILES string of the molecule is Cc1ccc2c(c1)C(Cc1ccc(C(=O)C(C)(C)N3CCOCC3)cc1)(Cc1ccc(C(=O)C(C)(C)N3CCOCC3)cc1)c1cc(C(=O)C(C)(C)N3CCOCC3)ccc1-2. The van der Waals surface area contributed by atoms with Gasteiger partial charge in [-0.05, 0) is 101 Å². The summed E-state index contributed by atoms with van der Waals surface area (Å²) in [5.41, 5.74) is 7.51. The molecule has 9 heteroatoms. The van der Waals surface area contributed by atoms with Crippen LogP contribution < -0.4 is 0 Å². The Balaban J connectivity index is 1.19. The molecule has 3 aliphatic heterocycles. The molecule has 0 N–H and O–H groups in total. The van der Waals surface area contributed by atoms with Crippen LogP contribution in [0.25, 0.3) is 11.1 Å². The van der Waals surface area contributed by atoms with Gasteiger partial charge >= 0.3 is 0 Å². The van der Waals surface area contributed by atoms with Gasteiger partial charge in [0.15, 0.2) is 17.3 Å². The highest BCUT2D eigenvalue weighted by Gasteiger charge is 2.46. The van der Waals surface area contributed by atoms with Crippen LogP contribution in [0.1, 0.15) is 100 Å². The van der Waals surface area contributed by atoms with E-state index in [2.05, 4.69) is 76.2 Å². The van der Waals surface area contributed by atoms with Gasteiger partial charge in [-0.25, -0.2) is 0 Å². The van der Waals surface area contributed by atoms with Crippen molar-refractivity contribution in [3.63, 3.8) is 0 Å². The average molecular weight is 826 g/mol. The second-order valence-electron chi connectivity index (χ2n) is 19.1. The van der Waals surface area contributed by atoms with Crippen molar-refractivity contribution in [2.75, 3.05) is 78.9 Å². The van der Waals surface area contributed by atoms with Crippen LogP contribution >= 0.6 is 0 Å². The Morgan fingerprint density at radius 1 is 0.475 bits per heavy atom. The number of carbonyl (C=O) groups excluding carboxylic acids is 3. The molecule has 0 spiro atoms. The van der Waals surface area contributed by atoms with Crippen LogP contribution in [0.2, 0.25) is 0 Å². The molecule has 0 bridgehead atoms. The van der Waals surface area contributed by atoms with Gasteiger partial charge in [-0.3, -0.25) is 29.1 Å². The van der Waals surface area contributed by atoms with Gasteiger partial charge in [0.25, 0.3) is 0 Å². The minimum absolute atomic E-state index is 0.0923. The van der Waals surface area contributed by atoms with Gasteiger partial charge in [-0.15, -0.1) is 0 Å². The highest BCUT2D eigenvalue weighted by atomic mass is 16.5. The number of morpholine rings is 3. The van der Waals surface area contributed by atoms with E-state index in [1.54, 1.807) is 0 Å². The van der Waals surface area contributed by atoms with Gasteiger partial charge in [0, 0.05) is 61.4 Å². The van der Waals surface area contributed by atoms with Crippen molar-refractivity contribution in [2.45, 2.75) is 83.3 Å². The predicted octanol–water partition coefficient (Wildman–Crippen LogP) is 7.63. The second-order valence-corrected chi connectivity index (χ2v) is 19.1. The van der Waals surface area contributed by atoms with E-state index in [1.807, 2.05) is 71.9 Å². The van der Waals surface area contributed by atoms with Gasteiger partial charge < -0.3 is 14.2 Å². The molecule has 0 aromatic heterocycles. The molecule has 322 valence electrons. The van der Waals surface area contributed by atoms with Crippen molar-refractivity contribution in [1.82, 2.24) is 14.7 Å². The number of hydrogen-bond donors (Lipinski definition) is 0. The standard InChI is InChI=1S/C52H63N3O6/c1-36-8-18-42-43-19-17-41(48(58)51(6,7)55-24-30-61-31-25-55)33-45(43)52(44(42)32-36,34-37-9-13-39(14-10-37)46(56)49(2,3)53-20-26-59-27-21-53)35-38-11-15-40(16-12-38)47(57)50(4,5)54-22-28-60-29-23-54/h8-19,32-33H,20-31,34-35H2,1-7H3. The summed E-state index contributed by atoms with van der Waals surface area (Å²) in [7, 11) is 0. The number of hydrogen-bond acceptors (Lipinski definition) is 9. The lowest BCUT2D eigenvalue weighted by Crippen LogP contribution is -2.54. The monoisotopic (exact) mass is 825 g/mol. The minimum Gasteiger partial charge on any atom is -0.379 e. The van der Waals surface area contributed by atoms with Crippen molar-refractivity contribution in [1.29, 1.82) is 0 Å². The molecular weight excluding hydrogens is 763 g/mol. The summed E-state index contributed by atoms with van der Waals surface area (Å²) in [6.45, 7) is 22.3. The molecule has 3 heterocycles. The summed E-state index contributed by atoms with van der Waals surface area (Å²) in [6.07, 6.45) is 1.29. The molecule has 4 aliphatic rings. The maximum absolute atomic E-state index is 14.6. The number of nitrogens with zero attached hydrogens (tertiary/aromatic N) is 3. The lowest BCUT2D eigenvalue weighted by atomic mass is 9.69. The maximum Gasteiger partial charge on any atom is 0.182 e. The summed E-state index contributed by atoms with van der Waals surface area (Å²) in [5.74, 6) is 0.287. The fourth-order valence-electron chi connectivity index (χ4n) is 10.3. The molecule has 0 radical (unpaired) electrons. The summed E-state index contributed by atoms with van der Waals surface area (Å²) in [6, 6.07) is 29.5. The molecule has 4 aromatic carbocycles. The Morgan fingerprint density at radius 3 is 1.20 bits per heavy atom. The van der Waals surface area contributed by atoms with E-state index in [9.17, 15) is 14.4 Å². The van der Waals surface area contributed by atoms with Crippen molar-refractivity contribution in [3.05, 3.63) is 129 Å². The van der Waals surface area contributed by atoms with E-state index in [1.165, 1.54) is 16.7 Å². The zero-order valence-corrected chi connectivity index (χ0v) is 37.3. The van der Waals surface area contributed by atoms with Gasteiger partial charge in [0.2, 0.25) is 0 Å². The lowest BCUT2D eigenvalue weighted by molar-refractivity contribution is -0.00443. The van der Waals surface area contributed by atoms with E-state index in [4.69, 9.17) is 14.2 Å². The van der Waals surface area contributed by atoms with Crippen LogP contribution in [0.3, 0.4) is 0 Å². The second kappa shape index (κ2) is 17.1. The zero-order valence-electron chi connectivity index (χ0n) is 37.3. The first kappa shape index (κ1) is 43.3. The smallest absolute Gasteiger partial charge is 0.182 e. The molecule has 0 atom stereocenters. The summed E-state index contributed by atoms with van der Waals surface area (Å²) in [5, 5.41) is 0. The summed E-state index contributed by atoms with van der Waals surface area (Å²) in [4.78, 5) is 49.4.